The van der Waals surface area contributed by atoms with E-state index in [2.05, 4.69) is 0 Å². The molecular formula is C12H13NO2. The number of ketones is 1. The molecule has 0 aliphatic rings. The van der Waals surface area contributed by atoms with Crippen molar-refractivity contribution in [1.82, 2.24) is 0 Å². The third kappa shape index (κ3) is 3.10. The van der Waals surface area contributed by atoms with Crippen LogP contribution in [0.2, 0.25) is 0 Å². The molecule has 1 aromatic rings. The number of ether oxygens (including phenoxy) is 1. The Morgan fingerprint density at radius 2 is 2.00 bits per heavy atom. The van der Waals surface area contributed by atoms with Crippen LogP contribution >= 0.6 is 0 Å². The Hall–Kier alpha value is -1.82. The zero-order chi connectivity index (χ0) is 11.3. The maximum absolute atomic E-state index is 11.5. The van der Waals surface area contributed by atoms with Crippen LogP contribution in [0.5, 0.6) is 5.75 Å². The van der Waals surface area contributed by atoms with Crippen molar-refractivity contribution in [3.63, 3.8) is 0 Å². The number of nitrogens with zero attached hydrogens (tertiary/aromatic N) is 1. The summed E-state index contributed by atoms with van der Waals surface area (Å²) in [5.41, 5.74) is -0.977. The SMILES string of the molecule is CC(C)(C#N)C(=O)COc1ccccc1. The molecule has 0 spiro atoms. The maximum atomic E-state index is 11.5. The van der Waals surface area contributed by atoms with E-state index in [1.807, 2.05) is 24.3 Å². The van der Waals surface area contributed by atoms with E-state index in [0.717, 1.165) is 0 Å². The van der Waals surface area contributed by atoms with Gasteiger partial charge in [0.2, 0.25) is 0 Å². The molecule has 0 bridgehead atoms. The number of nitriles is 1. The molecule has 0 unspecified atom stereocenters. The van der Waals surface area contributed by atoms with E-state index < -0.39 is 5.41 Å². The molecule has 0 fully saturated rings. The van der Waals surface area contributed by atoms with Crippen molar-refractivity contribution in [2.75, 3.05) is 6.61 Å². The van der Waals surface area contributed by atoms with Crippen molar-refractivity contribution in [3.8, 4) is 11.8 Å². The van der Waals surface area contributed by atoms with Gasteiger partial charge in [0.1, 0.15) is 17.8 Å². The predicted octanol–water partition coefficient (Wildman–Crippen LogP) is 2.18. The van der Waals surface area contributed by atoms with E-state index in [9.17, 15) is 4.79 Å². The highest BCUT2D eigenvalue weighted by Gasteiger charge is 2.27. The van der Waals surface area contributed by atoms with E-state index in [1.165, 1.54) is 0 Å². The van der Waals surface area contributed by atoms with E-state index in [1.54, 1.807) is 26.0 Å². The largest absolute Gasteiger partial charge is 0.486 e. The van der Waals surface area contributed by atoms with Crippen LogP contribution in [-0.4, -0.2) is 12.4 Å². The van der Waals surface area contributed by atoms with Crippen LogP contribution in [0.15, 0.2) is 30.3 Å². The van der Waals surface area contributed by atoms with Gasteiger partial charge in [0, 0.05) is 0 Å². The second-order valence-corrected chi connectivity index (χ2v) is 3.76. The zero-order valence-electron chi connectivity index (χ0n) is 8.86. The van der Waals surface area contributed by atoms with Gasteiger partial charge in [-0.25, -0.2) is 0 Å². The van der Waals surface area contributed by atoms with Gasteiger partial charge >= 0.3 is 0 Å². The quantitative estimate of drug-likeness (QED) is 0.753. The van der Waals surface area contributed by atoms with Crippen molar-refractivity contribution in [1.29, 1.82) is 5.26 Å². The molecule has 0 heterocycles. The molecule has 1 rings (SSSR count). The van der Waals surface area contributed by atoms with Gasteiger partial charge in [0.05, 0.1) is 6.07 Å². The van der Waals surface area contributed by atoms with Gasteiger partial charge in [0.15, 0.2) is 5.78 Å². The average Bonchev–Trinajstić information content (AvgIpc) is 2.27. The zero-order valence-corrected chi connectivity index (χ0v) is 8.86. The number of rotatable bonds is 4. The molecule has 0 aliphatic heterocycles. The fourth-order valence-corrected chi connectivity index (χ4v) is 0.908. The van der Waals surface area contributed by atoms with Crippen LogP contribution in [0.3, 0.4) is 0 Å². The summed E-state index contributed by atoms with van der Waals surface area (Å²) in [6, 6.07) is 11.0. The van der Waals surface area contributed by atoms with Gasteiger partial charge < -0.3 is 4.74 Å². The summed E-state index contributed by atoms with van der Waals surface area (Å²) in [5.74, 6) is 0.424. The molecule has 15 heavy (non-hydrogen) atoms. The fraction of sp³-hybridized carbons (Fsp3) is 0.333. The smallest absolute Gasteiger partial charge is 0.189 e. The molecule has 0 radical (unpaired) electrons. The monoisotopic (exact) mass is 203 g/mol. The van der Waals surface area contributed by atoms with Gasteiger partial charge in [-0.3, -0.25) is 4.79 Å². The Labute approximate surface area is 89.3 Å². The Balaban J connectivity index is 2.53. The minimum absolute atomic E-state index is 0.0649. The molecule has 0 N–H and O–H groups in total. The van der Waals surface area contributed by atoms with E-state index in [4.69, 9.17) is 10.00 Å². The standard InChI is InChI=1S/C12H13NO2/c1-12(2,9-13)11(14)8-15-10-6-4-3-5-7-10/h3-7H,8H2,1-2H3. The molecular weight excluding hydrogens is 190 g/mol. The Kier molecular flexibility index (Phi) is 3.46. The maximum Gasteiger partial charge on any atom is 0.189 e. The molecule has 0 atom stereocenters. The number of benzene rings is 1. The number of Topliss-reactive ketones (excluding diaryl/α,β-unsaturated/α-hetero) is 1. The molecule has 78 valence electrons. The van der Waals surface area contributed by atoms with E-state index in [-0.39, 0.29) is 12.4 Å². The van der Waals surface area contributed by atoms with Crippen molar-refractivity contribution < 1.29 is 9.53 Å². The van der Waals surface area contributed by atoms with Crippen LogP contribution in [0.1, 0.15) is 13.8 Å². The molecule has 3 nitrogen and oxygen atoms in total. The highest BCUT2D eigenvalue weighted by molar-refractivity contribution is 5.87. The summed E-state index contributed by atoms with van der Waals surface area (Å²) < 4.78 is 5.26. The number of hydrogen-bond acceptors (Lipinski definition) is 3. The summed E-state index contributed by atoms with van der Waals surface area (Å²) in [5, 5.41) is 8.74. The average molecular weight is 203 g/mol. The van der Waals surface area contributed by atoms with Crippen molar-refractivity contribution >= 4 is 5.78 Å². The lowest BCUT2D eigenvalue weighted by molar-refractivity contribution is -0.126. The Bertz CT molecular complexity index is 376. The predicted molar refractivity (Wildman–Crippen MR) is 56.3 cm³/mol. The second kappa shape index (κ2) is 4.61. The normalized spacial score (nSPS) is 10.5. The third-order valence-corrected chi connectivity index (χ3v) is 2.09. The highest BCUT2D eigenvalue weighted by Crippen LogP contribution is 2.16. The van der Waals surface area contributed by atoms with Crippen LogP contribution in [-0.2, 0) is 4.79 Å². The van der Waals surface area contributed by atoms with Crippen molar-refractivity contribution in [2.45, 2.75) is 13.8 Å². The van der Waals surface area contributed by atoms with E-state index >= 15 is 0 Å². The number of hydrogen-bond donors (Lipinski definition) is 0. The molecule has 0 aromatic heterocycles. The molecule has 0 aliphatic carbocycles. The van der Waals surface area contributed by atoms with Crippen LogP contribution < -0.4 is 4.74 Å². The number of carbonyl (C=O) groups is 1. The molecule has 0 amide bonds. The number of carbonyl (C=O) groups excluding carboxylic acids is 1. The highest BCUT2D eigenvalue weighted by atomic mass is 16.5. The molecule has 0 saturated heterocycles. The second-order valence-electron chi connectivity index (χ2n) is 3.76. The Morgan fingerprint density at radius 3 is 2.53 bits per heavy atom. The molecule has 3 heteroatoms. The van der Waals surface area contributed by atoms with Gasteiger partial charge in [-0.05, 0) is 26.0 Å². The topological polar surface area (TPSA) is 50.1 Å². The van der Waals surface area contributed by atoms with Crippen molar-refractivity contribution in [3.05, 3.63) is 30.3 Å². The first-order chi connectivity index (χ1) is 7.06. The first-order valence-electron chi connectivity index (χ1n) is 4.68. The van der Waals surface area contributed by atoms with Gasteiger partial charge in [-0.2, -0.15) is 5.26 Å². The third-order valence-electron chi connectivity index (χ3n) is 2.09. The summed E-state index contributed by atoms with van der Waals surface area (Å²) >= 11 is 0. The molecule has 1 aromatic carbocycles. The van der Waals surface area contributed by atoms with Crippen LogP contribution in [0.25, 0.3) is 0 Å². The van der Waals surface area contributed by atoms with E-state index in [0.29, 0.717) is 5.75 Å². The van der Waals surface area contributed by atoms with Crippen LogP contribution in [0.4, 0.5) is 0 Å². The minimum atomic E-state index is -0.977. The lowest BCUT2D eigenvalue weighted by atomic mass is 9.91. The van der Waals surface area contributed by atoms with Gasteiger partial charge in [-0.15, -0.1) is 0 Å². The minimum Gasteiger partial charge on any atom is -0.486 e. The van der Waals surface area contributed by atoms with Crippen molar-refractivity contribution in [2.24, 2.45) is 5.41 Å². The van der Waals surface area contributed by atoms with Gasteiger partial charge in [0.25, 0.3) is 0 Å². The molecule has 0 saturated carbocycles. The fourth-order valence-electron chi connectivity index (χ4n) is 0.908. The Morgan fingerprint density at radius 1 is 1.40 bits per heavy atom. The summed E-state index contributed by atoms with van der Waals surface area (Å²) in [7, 11) is 0. The van der Waals surface area contributed by atoms with Gasteiger partial charge in [-0.1, -0.05) is 18.2 Å². The summed E-state index contributed by atoms with van der Waals surface area (Å²) in [6.45, 7) is 3.11. The first-order valence-corrected chi connectivity index (χ1v) is 4.68. The lowest BCUT2D eigenvalue weighted by Crippen LogP contribution is -2.27. The van der Waals surface area contributed by atoms with Crippen LogP contribution in [0, 0.1) is 16.7 Å². The first kappa shape index (κ1) is 11.3. The number of para-hydroxylation sites is 1. The summed E-state index contributed by atoms with van der Waals surface area (Å²) in [4.78, 5) is 11.5. The lowest BCUT2D eigenvalue weighted by Gasteiger charge is -2.13. The summed E-state index contributed by atoms with van der Waals surface area (Å²) in [6.07, 6.45) is 0.